The Bertz CT molecular complexity index is 890. The molecule has 5 nitrogen and oxygen atoms in total. The molecule has 142 valence electrons. The number of rotatable bonds is 8. The second-order valence-electron chi connectivity index (χ2n) is 6.58. The first kappa shape index (κ1) is 19.3. The predicted molar refractivity (Wildman–Crippen MR) is 111 cm³/mol. The molecule has 0 spiro atoms. The summed E-state index contributed by atoms with van der Waals surface area (Å²) in [5.41, 5.74) is 4.23. The smallest absolute Gasteiger partial charge is 0.258 e. The van der Waals surface area contributed by atoms with Crippen molar-refractivity contribution in [2.45, 2.75) is 26.3 Å². The molecular formula is C21H25N3O2S. The molecule has 27 heavy (non-hydrogen) atoms. The van der Waals surface area contributed by atoms with Gasteiger partial charge < -0.3 is 15.0 Å². The molecule has 1 heterocycles. The first-order valence-electron chi connectivity index (χ1n) is 9.00. The summed E-state index contributed by atoms with van der Waals surface area (Å²) in [5, 5.41) is 3.05. The van der Waals surface area contributed by atoms with Crippen molar-refractivity contribution in [3.8, 4) is 5.75 Å². The lowest BCUT2D eigenvalue weighted by molar-refractivity contribution is -0.123. The summed E-state index contributed by atoms with van der Waals surface area (Å²) in [7, 11) is 0. The lowest BCUT2D eigenvalue weighted by atomic mass is 10.1. The van der Waals surface area contributed by atoms with Crippen molar-refractivity contribution in [2.24, 2.45) is 0 Å². The van der Waals surface area contributed by atoms with Crippen LogP contribution in [0.3, 0.4) is 0 Å². The van der Waals surface area contributed by atoms with E-state index in [9.17, 15) is 4.79 Å². The first-order chi connectivity index (χ1) is 13.1. The highest BCUT2D eigenvalue weighted by molar-refractivity contribution is 7.98. The van der Waals surface area contributed by atoms with E-state index in [4.69, 9.17) is 4.74 Å². The molecule has 0 saturated heterocycles. The van der Waals surface area contributed by atoms with Gasteiger partial charge in [-0.2, -0.15) is 11.8 Å². The standard InChI is InChI=1S/C21H25N3O2S/c1-14-8-9-16(12-15(14)2)26-13-20(25)22-19(10-11-27-3)21-23-17-6-4-5-7-18(17)24-21/h4-9,12,19H,10-11,13H2,1-3H3,(H,22,25)(H,23,24)/t19-/m0/s1. The maximum atomic E-state index is 12.4. The Morgan fingerprint density at radius 1 is 1.22 bits per heavy atom. The van der Waals surface area contributed by atoms with Gasteiger partial charge in [-0.15, -0.1) is 0 Å². The van der Waals surface area contributed by atoms with Crippen molar-refractivity contribution in [2.75, 3.05) is 18.6 Å². The van der Waals surface area contributed by atoms with Crippen LogP contribution in [0.15, 0.2) is 42.5 Å². The summed E-state index contributed by atoms with van der Waals surface area (Å²) >= 11 is 1.75. The van der Waals surface area contributed by atoms with Gasteiger partial charge in [0.1, 0.15) is 11.6 Å². The van der Waals surface area contributed by atoms with Gasteiger partial charge in [-0.1, -0.05) is 18.2 Å². The van der Waals surface area contributed by atoms with Crippen LogP contribution in [-0.4, -0.2) is 34.5 Å². The van der Waals surface area contributed by atoms with E-state index in [0.29, 0.717) is 5.75 Å². The minimum absolute atomic E-state index is 0.0154. The number of thioether (sulfide) groups is 1. The summed E-state index contributed by atoms with van der Waals surface area (Å²) in [5.74, 6) is 2.27. The third kappa shape index (κ3) is 5.04. The molecular weight excluding hydrogens is 358 g/mol. The van der Waals surface area contributed by atoms with E-state index in [2.05, 4.69) is 28.5 Å². The van der Waals surface area contributed by atoms with Gasteiger partial charge in [-0.05, 0) is 67.7 Å². The zero-order valence-electron chi connectivity index (χ0n) is 15.9. The Labute approximate surface area is 163 Å². The molecule has 1 aromatic heterocycles. The average molecular weight is 384 g/mol. The molecule has 6 heteroatoms. The fourth-order valence-corrected chi connectivity index (χ4v) is 3.31. The third-order valence-electron chi connectivity index (χ3n) is 4.53. The molecule has 3 aromatic rings. The number of carbonyl (C=O) groups is 1. The summed E-state index contributed by atoms with van der Waals surface area (Å²) in [6, 6.07) is 13.6. The van der Waals surface area contributed by atoms with E-state index < -0.39 is 0 Å². The van der Waals surface area contributed by atoms with E-state index in [1.807, 2.05) is 49.4 Å². The largest absolute Gasteiger partial charge is 0.484 e. The molecule has 0 radical (unpaired) electrons. The predicted octanol–water partition coefficient (Wildman–Crippen LogP) is 4.17. The number of aromatic amines is 1. The van der Waals surface area contributed by atoms with Crippen LogP contribution >= 0.6 is 11.8 Å². The van der Waals surface area contributed by atoms with Gasteiger partial charge in [0.05, 0.1) is 17.1 Å². The van der Waals surface area contributed by atoms with Crippen LogP contribution in [0.4, 0.5) is 0 Å². The molecule has 2 N–H and O–H groups in total. The quantitative estimate of drug-likeness (QED) is 0.613. The first-order valence-corrected chi connectivity index (χ1v) is 10.4. The van der Waals surface area contributed by atoms with E-state index in [-0.39, 0.29) is 18.6 Å². The van der Waals surface area contributed by atoms with Gasteiger partial charge in [-0.25, -0.2) is 4.98 Å². The summed E-state index contributed by atoms with van der Waals surface area (Å²) in [6.07, 6.45) is 2.86. The fraction of sp³-hybridized carbons (Fsp3) is 0.333. The number of imidazole rings is 1. The number of ether oxygens (including phenoxy) is 1. The van der Waals surface area contributed by atoms with Crippen molar-refractivity contribution >= 4 is 28.7 Å². The van der Waals surface area contributed by atoms with Crippen LogP contribution in [-0.2, 0) is 4.79 Å². The second-order valence-corrected chi connectivity index (χ2v) is 7.56. The van der Waals surface area contributed by atoms with Crippen LogP contribution in [0.1, 0.15) is 29.4 Å². The summed E-state index contributed by atoms with van der Waals surface area (Å²) in [4.78, 5) is 20.4. The zero-order chi connectivity index (χ0) is 19.2. The minimum atomic E-state index is -0.166. The molecule has 0 fully saturated rings. The minimum Gasteiger partial charge on any atom is -0.484 e. The van der Waals surface area contributed by atoms with E-state index >= 15 is 0 Å². The molecule has 0 aliphatic carbocycles. The molecule has 0 aliphatic rings. The molecule has 3 rings (SSSR count). The number of para-hydroxylation sites is 2. The number of nitrogens with one attached hydrogen (secondary N) is 2. The van der Waals surface area contributed by atoms with Crippen LogP contribution in [0.2, 0.25) is 0 Å². The van der Waals surface area contributed by atoms with Crippen molar-refractivity contribution in [3.05, 3.63) is 59.4 Å². The SMILES string of the molecule is CSCC[C@H](NC(=O)COc1ccc(C)c(C)c1)c1nc2ccccc2[nH]1. The van der Waals surface area contributed by atoms with Crippen molar-refractivity contribution < 1.29 is 9.53 Å². The topological polar surface area (TPSA) is 67.0 Å². The fourth-order valence-electron chi connectivity index (χ4n) is 2.84. The van der Waals surface area contributed by atoms with E-state index in [1.165, 1.54) is 5.56 Å². The lowest BCUT2D eigenvalue weighted by Crippen LogP contribution is -2.33. The van der Waals surface area contributed by atoms with Crippen LogP contribution in [0, 0.1) is 13.8 Å². The highest BCUT2D eigenvalue weighted by Crippen LogP contribution is 2.20. The lowest BCUT2D eigenvalue weighted by Gasteiger charge is -2.17. The van der Waals surface area contributed by atoms with Gasteiger partial charge in [-0.3, -0.25) is 4.79 Å². The molecule has 1 amide bonds. The highest BCUT2D eigenvalue weighted by atomic mass is 32.2. The van der Waals surface area contributed by atoms with Gasteiger partial charge in [0.25, 0.3) is 5.91 Å². The number of fused-ring (bicyclic) bond motifs is 1. The molecule has 2 aromatic carbocycles. The average Bonchev–Trinajstić information content (AvgIpc) is 3.10. The Kier molecular flexibility index (Phi) is 6.40. The molecule has 0 unspecified atom stereocenters. The normalized spacial score (nSPS) is 12.1. The maximum Gasteiger partial charge on any atom is 0.258 e. The Hall–Kier alpha value is -2.47. The summed E-state index contributed by atoms with van der Waals surface area (Å²) in [6.45, 7) is 4.07. The summed E-state index contributed by atoms with van der Waals surface area (Å²) < 4.78 is 5.66. The van der Waals surface area contributed by atoms with Crippen LogP contribution in [0.5, 0.6) is 5.75 Å². The van der Waals surface area contributed by atoms with Crippen LogP contribution in [0.25, 0.3) is 11.0 Å². The number of amides is 1. The number of benzene rings is 2. The van der Waals surface area contributed by atoms with Crippen molar-refractivity contribution in [1.82, 2.24) is 15.3 Å². The Morgan fingerprint density at radius 3 is 2.78 bits per heavy atom. The van der Waals surface area contributed by atoms with Crippen LogP contribution < -0.4 is 10.1 Å². The van der Waals surface area contributed by atoms with Gasteiger partial charge in [0.2, 0.25) is 0 Å². The van der Waals surface area contributed by atoms with Gasteiger partial charge in [0, 0.05) is 0 Å². The number of hydrogen-bond acceptors (Lipinski definition) is 4. The maximum absolute atomic E-state index is 12.4. The number of hydrogen-bond donors (Lipinski definition) is 2. The monoisotopic (exact) mass is 383 g/mol. The van der Waals surface area contributed by atoms with Crippen molar-refractivity contribution in [1.29, 1.82) is 0 Å². The molecule has 0 saturated carbocycles. The van der Waals surface area contributed by atoms with Gasteiger partial charge >= 0.3 is 0 Å². The Morgan fingerprint density at radius 2 is 2.04 bits per heavy atom. The molecule has 0 bridgehead atoms. The Balaban J connectivity index is 1.66. The number of nitrogens with zero attached hydrogens (tertiary/aromatic N) is 1. The number of H-pyrrole nitrogens is 1. The van der Waals surface area contributed by atoms with Crippen molar-refractivity contribution in [3.63, 3.8) is 0 Å². The molecule has 1 atom stereocenters. The van der Waals surface area contributed by atoms with E-state index in [0.717, 1.165) is 34.6 Å². The number of carbonyl (C=O) groups excluding carboxylic acids is 1. The number of aromatic nitrogens is 2. The zero-order valence-corrected chi connectivity index (χ0v) is 16.7. The third-order valence-corrected chi connectivity index (χ3v) is 5.18. The van der Waals surface area contributed by atoms with Gasteiger partial charge in [0.15, 0.2) is 6.61 Å². The highest BCUT2D eigenvalue weighted by Gasteiger charge is 2.18. The number of aryl methyl sites for hydroxylation is 2. The second kappa shape index (κ2) is 8.95. The molecule has 0 aliphatic heterocycles. The van der Waals surface area contributed by atoms with E-state index in [1.54, 1.807) is 11.8 Å².